The number of aryl methyl sites for hydroxylation is 1. The van der Waals surface area contributed by atoms with Gasteiger partial charge in [0.05, 0.1) is 27.9 Å². The van der Waals surface area contributed by atoms with Crippen molar-refractivity contribution in [3.05, 3.63) is 47.9 Å². The van der Waals surface area contributed by atoms with Gasteiger partial charge in [0.1, 0.15) is 5.76 Å². The van der Waals surface area contributed by atoms with Crippen molar-refractivity contribution in [3.8, 4) is 10.8 Å². The fourth-order valence-electron chi connectivity index (χ4n) is 2.69. The molecule has 0 radical (unpaired) electrons. The van der Waals surface area contributed by atoms with Crippen LogP contribution in [-0.4, -0.2) is 41.3 Å². The van der Waals surface area contributed by atoms with Crippen molar-refractivity contribution in [1.82, 2.24) is 15.2 Å². The van der Waals surface area contributed by atoms with Crippen molar-refractivity contribution < 1.29 is 13.9 Å². The second-order valence-electron chi connectivity index (χ2n) is 6.15. The molecule has 0 aliphatic carbocycles. The van der Waals surface area contributed by atoms with E-state index in [1.165, 1.54) is 11.3 Å². The molecule has 4 aromatic rings. The molecule has 0 fully saturated rings. The van der Waals surface area contributed by atoms with Crippen LogP contribution in [0.25, 0.3) is 21.0 Å². The predicted octanol–water partition coefficient (Wildman–Crippen LogP) is 3.90. The van der Waals surface area contributed by atoms with E-state index in [2.05, 4.69) is 25.8 Å². The summed E-state index contributed by atoms with van der Waals surface area (Å²) >= 11 is 1.46. The number of amides is 1. The van der Waals surface area contributed by atoms with Crippen molar-refractivity contribution in [3.63, 3.8) is 0 Å². The summed E-state index contributed by atoms with van der Waals surface area (Å²) in [5, 5.41) is 13.2. The number of hydrogen-bond acceptors (Lipinski definition) is 7. The molecular formula is C19H19N5O3S. The number of carbonyl (C=O) groups excluding carboxylic acids is 1. The molecule has 28 heavy (non-hydrogen) atoms. The Morgan fingerprint density at radius 1 is 1.32 bits per heavy atom. The summed E-state index contributed by atoms with van der Waals surface area (Å²) in [6, 6.07) is 9.17. The van der Waals surface area contributed by atoms with E-state index in [0.29, 0.717) is 30.4 Å². The zero-order valence-electron chi connectivity index (χ0n) is 15.4. The first-order valence-electron chi connectivity index (χ1n) is 8.69. The van der Waals surface area contributed by atoms with Gasteiger partial charge in [0.2, 0.25) is 5.89 Å². The van der Waals surface area contributed by atoms with Gasteiger partial charge in [0.25, 0.3) is 5.91 Å². The van der Waals surface area contributed by atoms with E-state index in [1.807, 2.05) is 25.1 Å². The third-order valence-electron chi connectivity index (χ3n) is 4.08. The summed E-state index contributed by atoms with van der Waals surface area (Å²) in [5.74, 6) is 1.57. The van der Waals surface area contributed by atoms with Gasteiger partial charge in [-0.15, -0.1) is 11.3 Å². The Hall–Kier alpha value is -3.17. The minimum absolute atomic E-state index is 0.223. The number of fused-ring (bicyclic) bond motifs is 1. The maximum atomic E-state index is 12.6. The van der Waals surface area contributed by atoms with Gasteiger partial charge in [-0.3, -0.25) is 9.89 Å². The molecule has 0 saturated carbocycles. The van der Waals surface area contributed by atoms with Crippen LogP contribution in [0.15, 0.2) is 40.9 Å². The number of oxazole rings is 1. The number of aromatic nitrogens is 3. The van der Waals surface area contributed by atoms with Gasteiger partial charge >= 0.3 is 0 Å². The molecule has 0 aliphatic heterocycles. The number of nitrogens with one attached hydrogen (secondary N) is 3. The molecule has 0 bridgehead atoms. The molecule has 144 valence electrons. The van der Waals surface area contributed by atoms with E-state index >= 15 is 0 Å². The monoisotopic (exact) mass is 397 g/mol. The average Bonchev–Trinajstić information content (AvgIpc) is 3.39. The van der Waals surface area contributed by atoms with Crippen LogP contribution >= 0.6 is 11.3 Å². The number of aromatic amines is 1. The molecule has 0 spiro atoms. The van der Waals surface area contributed by atoms with Crippen LogP contribution in [0, 0.1) is 6.92 Å². The standard InChI is InChI=1S/C19H19N5O3S/c1-11-10-21-19(27-11)15-9-14-16(28-15)17(24-23-14)22-18(25)12-3-5-13(6-4-12)20-7-8-26-2/h3-6,9-10,20H,7-8H2,1-2H3,(H2,22,23,24,25). The number of ether oxygens (including phenoxy) is 1. The molecular weight excluding hydrogens is 378 g/mol. The summed E-state index contributed by atoms with van der Waals surface area (Å²) in [6.07, 6.45) is 1.68. The minimum atomic E-state index is -0.223. The van der Waals surface area contributed by atoms with Gasteiger partial charge in [0, 0.05) is 24.9 Å². The van der Waals surface area contributed by atoms with Gasteiger partial charge in [-0.2, -0.15) is 5.10 Å². The molecule has 1 amide bonds. The van der Waals surface area contributed by atoms with Crippen molar-refractivity contribution >= 4 is 39.0 Å². The smallest absolute Gasteiger partial charge is 0.256 e. The minimum Gasteiger partial charge on any atom is -0.441 e. The van der Waals surface area contributed by atoms with Crippen molar-refractivity contribution in [2.45, 2.75) is 6.92 Å². The second kappa shape index (κ2) is 7.83. The average molecular weight is 397 g/mol. The lowest BCUT2D eigenvalue weighted by Crippen LogP contribution is -2.12. The number of rotatable bonds is 7. The summed E-state index contributed by atoms with van der Waals surface area (Å²) in [7, 11) is 1.66. The maximum absolute atomic E-state index is 12.6. The van der Waals surface area contributed by atoms with Crippen LogP contribution in [0.5, 0.6) is 0 Å². The number of benzene rings is 1. The number of anilines is 2. The number of hydrogen-bond donors (Lipinski definition) is 3. The number of carbonyl (C=O) groups is 1. The van der Waals surface area contributed by atoms with Gasteiger partial charge in [-0.05, 0) is 37.3 Å². The second-order valence-corrected chi connectivity index (χ2v) is 7.20. The van der Waals surface area contributed by atoms with E-state index in [-0.39, 0.29) is 5.91 Å². The highest BCUT2D eigenvalue weighted by atomic mass is 32.1. The first kappa shape index (κ1) is 18.2. The Kier molecular flexibility index (Phi) is 5.09. The van der Waals surface area contributed by atoms with Crippen LogP contribution in [0.2, 0.25) is 0 Å². The highest BCUT2D eigenvalue weighted by Gasteiger charge is 2.16. The summed E-state index contributed by atoms with van der Waals surface area (Å²) in [6.45, 7) is 3.17. The number of methoxy groups -OCH3 is 1. The van der Waals surface area contributed by atoms with Gasteiger partial charge in [-0.1, -0.05) is 0 Å². The van der Waals surface area contributed by atoms with Crippen molar-refractivity contribution in [2.24, 2.45) is 0 Å². The Balaban J connectivity index is 1.48. The van der Waals surface area contributed by atoms with Gasteiger partial charge < -0.3 is 19.8 Å². The van der Waals surface area contributed by atoms with E-state index in [9.17, 15) is 4.79 Å². The fraction of sp³-hybridized carbons (Fsp3) is 0.211. The molecule has 3 N–H and O–H groups in total. The summed E-state index contributed by atoms with van der Waals surface area (Å²) < 4.78 is 11.4. The predicted molar refractivity (Wildman–Crippen MR) is 109 cm³/mol. The number of H-pyrrole nitrogens is 1. The SMILES string of the molecule is COCCNc1ccc(C(=O)Nc2n[nH]c3cc(-c4ncc(C)o4)sc23)cc1. The number of thiophene rings is 1. The van der Waals surface area contributed by atoms with Crippen molar-refractivity contribution in [2.75, 3.05) is 30.9 Å². The molecule has 8 nitrogen and oxygen atoms in total. The Bertz CT molecular complexity index is 1100. The normalized spacial score (nSPS) is 11.1. The van der Waals surface area contributed by atoms with E-state index in [4.69, 9.17) is 9.15 Å². The summed E-state index contributed by atoms with van der Waals surface area (Å²) in [5.41, 5.74) is 2.30. The van der Waals surface area contributed by atoms with Crippen molar-refractivity contribution in [1.29, 1.82) is 0 Å². The molecule has 0 atom stereocenters. The largest absolute Gasteiger partial charge is 0.441 e. The van der Waals surface area contributed by atoms with Crippen LogP contribution in [0.1, 0.15) is 16.1 Å². The Labute approximate surface area is 164 Å². The Morgan fingerprint density at radius 3 is 2.86 bits per heavy atom. The van der Waals surface area contributed by atoms with Crippen LogP contribution in [0.3, 0.4) is 0 Å². The zero-order valence-corrected chi connectivity index (χ0v) is 16.2. The third-order valence-corrected chi connectivity index (χ3v) is 5.21. The maximum Gasteiger partial charge on any atom is 0.256 e. The lowest BCUT2D eigenvalue weighted by atomic mass is 10.2. The first-order valence-corrected chi connectivity index (χ1v) is 9.50. The lowest BCUT2D eigenvalue weighted by Gasteiger charge is -2.07. The zero-order chi connectivity index (χ0) is 19.5. The topological polar surface area (TPSA) is 105 Å². The third kappa shape index (κ3) is 3.75. The van der Waals surface area contributed by atoms with E-state index in [0.717, 1.165) is 26.5 Å². The number of nitrogens with zero attached hydrogens (tertiary/aromatic N) is 2. The fourth-order valence-corrected chi connectivity index (χ4v) is 3.68. The molecule has 4 rings (SSSR count). The highest BCUT2D eigenvalue weighted by Crippen LogP contribution is 2.36. The van der Waals surface area contributed by atoms with E-state index < -0.39 is 0 Å². The van der Waals surface area contributed by atoms with E-state index in [1.54, 1.807) is 25.4 Å². The van der Waals surface area contributed by atoms with Crippen LogP contribution in [0.4, 0.5) is 11.5 Å². The van der Waals surface area contributed by atoms with Crippen LogP contribution < -0.4 is 10.6 Å². The highest BCUT2D eigenvalue weighted by molar-refractivity contribution is 7.22. The van der Waals surface area contributed by atoms with Crippen LogP contribution in [-0.2, 0) is 4.74 Å². The first-order chi connectivity index (χ1) is 13.6. The molecule has 0 aliphatic rings. The van der Waals surface area contributed by atoms with Gasteiger partial charge in [-0.25, -0.2) is 4.98 Å². The molecule has 3 aromatic heterocycles. The van der Waals surface area contributed by atoms with Gasteiger partial charge in [0.15, 0.2) is 5.82 Å². The molecule has 0 unspecified atom stereocenters. The Morgan fingerprint density at radius 2 is 2.14 bits per heavy atom. The molecule has 3 heterocycles. The lowest BCUT2D eigenvalue weighted by molar-refractivity contribution is 0.102. The summed E-state index contributed by atoms with van der Waals surface area (Å²) in [4.78, 5) is 17.7. The molecule has 0 saturated heterocycles. The molecule has 9 heteroatoms. The quantitative estimate of drug-likeness (QED) is 0.409. The molecule has 1 aromatic carbocycles.